The van der Waals surface area contributed by atoms with Crippen molar-refractivity contribution in [1.29, 1.82) is 0 Å². The number of rotatable bonds is 3. The number of hydrogen-bond acceptors (Lipinski definition) is 2. The first-order chi connectivity index (χ1) is 6.11. The average Bonchev–Trinajstić information content (AvgIpc) is 2.08. The topological polar surface area (TPSA) is 38.9 Å². The molecule has 1 unspecified atom stereocenters. The van der Waals surface area contributed by atoms with Crippen LogP contribution in [0.3, 0.4) is 0 Å². The van der Waals surface area contributed by atoms with Crippen LogP contribution in [0.5, 0.6) is 0 Å². The van der Waals surface area contributed by atoms with Gasteiger partial charge in [-0.2, -0.15) is 0 Å². The summed E-state index contributed by atoms with van der Waals surface area (Å²) >= 11 is 0. The highest BCUT2D eigenvalue weighted by Crippen LogP contribution is 2.08. The Labute approximate surface area is 73.6 Å². The number of hydrogen-bond donors (Lipinski definition) is 1. The third-order valence-corrected chi connectivity index (χ3v) is 1.59. The molecular formula is C8H9F3N2. The normalized spacial score (nSPS) is 13.3. The van der Waals surface area contributed by atoms with E-state index in [9.17, 15) is 13.2 Å². The Balaban J connectivity index is 2.69. The standard InChI is InChI=1S/C8H9F3N2/c9-5-2-1-3-13-7(5)4-6(12)8(10)11/h1-3,6,8H,4,12H2. The van der Waals surface area contributed by atoms with Crippen molar-refractivity contribution in [2.45, 2.75) is 18.9 Å². The van der Waals surface area contributed by atoms with Gasteiger partial charge < -0.3 is 5.73 Å². The van der Waals surface area contributed by atoms with Gasteiger partial charge in [-0.15, -0.1) is 0 Å². The highest BCUT2D eigenvalue weighted by Gasteiger charge is 2.17. The van der Waals surface area contributed by atoms with Gasteiger partial charge in [0, 0.05) is 12.6 Å². The van der Waals surface area contributed by atoms with Crippen molar-refractivity contribution in [1.82, 2.24) is 4.98 Å². The van der Waals surface area contributed by atoms with Crippen molar-refractivity contribution in [2.75, 3.05) is 0 Å². The van der Waals surface area contributed by atoms with Crippen LogP contribution >= 0.6 is 0 Å². The molecule has 0 aromatic carbocycles. The van der Waals surface area contributed by atoms with Crippen LogP contribution in [-0.2, 0) is 6.42 Å². The van der Waals surface area contributed by atoms with E-state index in [0.717, 1.165) is 0 Å². The minimum atomic E-state index is -2.65. The SMILES string of the molecule is NC(Cc1ncccc1F)C(F)F. The Morgan fingerprint density at radius 1 is 1.46 bits per heavy atom. The van der Waals surface area contributed by atoms with Gasteiger partial charge in [-0.3, -0.25) is 4.98 Å². The molecule has 0 amide bonds. The largest absolute Gasteiger partial charge is 0.323 e. The average molecular weight is 190 g/mol. The highest BCUT2D eigenvalue weighted by molar-refractivity contribution is 5.08. The second kappa shape index (κ2) is 4.23. The van der Waals surface area contributed by atoms with E-state index in [0.29, 0.717) is 0 Å². The molecule has 0 radical (unpaired) electrons. The van der Waals surface area contributed by atoms with Gasteiger partial charge in [0.05, 0.1) is 11.7 Å². The molecule has 0 saturated carbocycles. The van der Waals surface area contributed by atoms with E-state index in [2.05, 4.69) is 4.98 Å². The second-order valence-electron chi connectivity index (χ2n) is 2.63. The lowest BCUT2D eigenvalue weighted by molar-refractivity contribution is 0.115. The summed E-state index contributed by atoms with van der Waals surface area (Å²) in [5.74, 6) is -0.599. The number of nitrogens with zero attached hydrogens (tertiary/aromatic N) is 1. The Kier molecular flexibility index (Phi) is 3.25. The first-order valence-corrected chi connectivity index (χ1v) is 3.74. The van der Waals surface area contributed by atoms with Crippen molar-refractivity contribution in [3.05, 3.63) is 29.8 Å². The quantitative estimate of drug-likeness (QED) is 0.781. The van der Waals surface area contributed by atoms with Gasteiger partial charge in [-0.1, -0.05) is 0 Å². The molecule has 0 aliphatic rings. The van der Waals surface area contributed by atoms with E-state index in [1.807, 2.05) is 0 Å². The molecule has 2 nitrogen and oxygen atoms in total. The van der Waals surface area contributed by atoms with Gasteiger partial charge in [0.2, 0.25) is 0 Å². The van der Waals surface area contributed by atoms with Crippen LogP contribution in [0.2, 0.25) is 0 Å². The minimum absolute atomic E-state index is 0.0182. The number of halogens is 3. The predicted octanol–water partition coefficient (Wildman–Crippen LogP) is 1.36. The lowest BCUT2D eigenvalue weighted by Crippen LogP contribution is -2.31. The van der Waals surface area contributed by atoms with Gasteiger partial charge in [-0.25, -0.2) is 13.2 Å². The zero-order chi connectivity index (χ0) is 9.84. The molecule has 1 aromatic rings. The van der Waals surface area contributed by atoms with Crippen LogP contribution in [0.15, 0.2) is 18.3 Å². The summed E-state index contributed by atoms with van der Waals surface area (Å²) in [6.45, 7) is 0. The summed E-state index contributed by atoms with van der Waals surface area (Å²) < 4.78 is 36.8. The molecule has 0 saturated heterocycles. The van der Waals surface area contributed by atoms with Crippen LogP contribution in [0.1, 0.15) is 5.69 Å². The molecule has 0 spiro atoms. The van der Waals surface area contributed by atoms with Crippen LogP contribution in [-0.4, -0.2) is 17.5 Å². The summed E-state index contributed by atoms with van der Waals surface area (Å²) in [4.78, 5) is 3.61. The summed E-state index contributed by atoms with van der Waals surface area (Å²) in [6.07, 6.45) is -1.55. The summed E-state index contributed by atoms with van der Waals surface area (Å²) in [7, 11) is 0. The van der Waals surface area contributed by atoms with Crippen molar-refractivity contribution >= 4 is 0 Å². The fraction of sp³-hybridized carbons (Fsp3) is 0.375. The second-order valence-corrected chi connectivity index (χ2v) is 2.63. The molecule has 1 heterocycles. The first kappa shape index (κ1) is 9.98. The van der Waals surface area contributed by atoms with E-state index in [1.54, 1.807) is 0 Å². The third-order valence-electron chi connectivity index (χ3n) is 1.59. The number of aromatic nitrogens is 1. The zero-order valence-electron chi connectivity index (χ0n) is 6.75. The van der Waals surface area contributed by atoms with Crippen LogP contribution in [0.4, 0.5) is 13.2 Å². The predicted molar refractivity (Wildman–Crippen MR) is 41.9 cm³/mol. The number of pyridine rings is 1. The molecule has 0 aliphatic heterocycles. The molecule has 1 rings (SSSR count). The fourth-order valence-electron chi connectivity index (χ4n) is 0.881. The maximum Gasteiger partial charge on any atom is 0.253 e. The molecule has 0 aliphatic carbocycles. The molecule has 5 heteroatoms. The molecule has 2 N–H and O–H groups in total. The van der Waals surface area contributed by atoms with Gasteiger partial charge in [-0.05, 0) is 12.1 Å². The van der Waals surface area contributed by atoms with Gasteiger partial charge in [0.15, 0.2) is 0 Å². The Hall–Kier alpha value is -1.10. The fourth-order valence-corrected chi connectivity index (χ4v) is 0.881. The molecule has 72 valence electrons. The Bertz CT molecular complexity index is 278. The van der Waals surface area contributed by atoms with Crippen LogP contribution < -0.4 is 5.73 Å². The molecule has 0 bridgehead atoms. The van der Waals surface area contributed by atoms with Crippen molar-refractivity contribution in [3.63, 3.8) is 0 Å². The van der Waals surface area contributed by atoms with E-state index >= 15 is 0 Å². The summed E-state index contributed by atoms with van der Waals surface area (Å²) in [6, 6.07) is 1.21. The maximum atomic E-state index is 12.9. The monoisotopic (exact) mass is 190 g/mol. The van der Waals surface area contributed by atoms with Gasteiger partial charge in [0.25, 0.3) is 6.43 Å². The zero-order valence-corrected chi connectivity index (χ0v) is 6.75. The lowest BCUT2D eigenvalue weighted by atomic mass is 10.1. The minimum Gasteiger partial charge on any atom is -0.323 e. The molecule has 0 fully saturated rings. The number of alkyl halides is 2. The third kappa shape index (κ3) is 2.69. The molecular weight excluding hydrogens is 181 g/mol. The van der Waals surface area contributed by atoms with E-state index in [4.69, 9.17) is 5.73 Å². The van der Waals surface area contributed by atoms with E-state index in [1.165, 1.54) is 18.3 Å². The molecule has 1 aromatic heterocycles. The van der Waals surface area contributed by atoms with Gasteiger partial charge >= 0.3 is 0 Å². The summed E-state index contributed by atoms with van der Waals surface area (Å²) in [5.41, 5.74) is 5.04. The van der Waals surface area contributed by atoms with E-state index < -0.39 is 18.3 Å². The summed E-state index contributed by atoms with van der Waals surface area (Å²) in [5, 5.41) is 0. The Morgan fingerprint density at radius 3 is 2.69 bits per heavy atom. The van der Waals surface area contributed by atoms with Crippen molar-refractivity contribution < 1.29 is 13.2 Å². The maximum absolute atomic E-state index is 12.9. The number of nitrogens with two attached hydrogens (primary N) is 1. The highest BCUT2D eigenvalue weighted by atomic mass is 19.3. The van der Waals surface area contributed by atoms with Gasteiger partial charge in [0.1, 0.15) is 5.82 Å². The van der Waals surface area contributed by atoms with Crippen LogP contribution in [0, 0.1) is 5.82 Å². The van der Waals surface area contributed by atoms with Crippen molar-refractivity contribution in [2.24, 2.45) is 5.73 Å². The first-order valence-electron chi connectivity index (χ1n) is 3.74. The Morgan fingerprint density at radius 2 is 2.15 bits per heavy atom. The van der Waals surface area contributed by atoms with Crippen molar-refractivity contribution in [3.8, 4) is 0 Å². The smallest absolute Gasteiger partial charge is 0.253 e. The lowest BCUT2D eigenvalue weighted by Gasteiger charge is -2.09. The van der Waals surface area contributed by atoms with E-state index in [-0.39, 0.29) is 12.1 Å². The molecule has 1 atom stereocenters. The molecule has 13 heavy (non-hydrogen) atoms. The van der Waals surface area contributed by atoms with Crippen LogP contribution in [0.25, 0.3) is 0 Å².